The van der Waals surface area contributed by atoms with Crippen LogP contribution in [-0.4, -0.2) is 47.0 Å². The van der Waals surface area contributed by atoms with Crippen molar-refractivity contribution in [2.75, 3.05) is 13.2 Å². The van der Waals surface area contributed by atoms with Crippen molar-refractivity contribution in [1.29, 1.82) is 0 Å². The quantitative estimate of drug-likeness (QED) is 0.758. The number of carboxylic acids is 1. The minimum atomic E-state index is -1.08. The summed E-state index contributed by atoms with van der Waals surface area (Å²) in [4.78, 5) is 24.0. The van der Waals surface area contributed by atoms with Crippen LogP contribution < -0.4 is 0 Å². The van der Waals surface area contributed by atoms with Gasteiger partial charge in [-0.15, -0.1) is 0 Å². The summed E-state index contributed by atoms with van der Waals surface area (Å²) < 4.78 is 10.3. The summed E-state index contributed by atoms with van der Waals surface area (Å²) in [6, 6.07) is -0.973. The molecule has 1 saturated heterocycles. The zero-order valence-corrected chi connectivity index (χ0v) is 10.4. The van der Waals surface area contributed by atoms with Gasteiger partial charge in [-0.25, -0.2) is 9.59 Å². The second-order valence-corrected chi connectivity index (χ2v) is 4.45. The maximum Gasteiger partial charge on any atom is 0.412 e. The second-order valence-electron chi connectivity index (χ2n) is 4.45. The van der Waals surface area contributed by atoms with E-state index in [2.05, 4.69) is 0 Å². The van der Waals surface area contributed by atoms with Crippen molar-refractivity contribution in [3.8, 4) is 0 Å². The van der Waals surface area contributed by atoms with Crippen LogP contribution in [0.5, 0.6) is 0 Å². The Morgan fingerprint density at radius 2 is 2.18 bits per heavy atom. The fourth-order valence-electron chi connectivity index (χ4n) is 1.70. The Bertz CT molecular complexity index is 302. The summed E-state index contributed by atoms with van der Waals surface area (Å²) >= 11 is 0. The molecule has 0 spiro atoms. The Balaban J connectivity index is 2.69. The number of carboxylic acid groups (broad SMARTS) is 1. The number of amides is 1. The Kier molecular flexibility index (Phi) is 4.34. The first kappa shape index (κ1) is 13.8. The second kappa shape index (κ2) is 5.35. The van der Waals surface area contributed by atoms with Crippen molar-refractivity contribution in [3.63, 3.8) is 0 Å². The first-order valence-electron chi connectivity index (χ1n) is 5.73. The van der Waals surface area contributed by atoms with Gasteiger partial charge < -0.3 is 14.6 Å². The molecule has 1 aliphatic rings. The summed E-state index contributed by atoms with van der Waals surface area (Å²) in [7, 11) is 0. The minimum Gasteiger partial charge on any atom is -0.480 e. The van der Waals surface area contributed by atoms with Gasteiger partial charge in [-0.3, -0.25) is 4.90 Å². The van der Waals surface area contributed by atoms with Gasteiger partial charge in [0.25, 0.3) is 0 Å². The molecule has 0 radical (unpaired) electrons. The molecule has 17 heavy (non-hydrogen) atoms. The lowest BCUT2D eigenvalue weighted by atomic mass is 10.2. The highest BCUT2D eigenvalue weighted by Crippen LogP contribution is 2.28. The third-order valence-corrected chi connectivity index (χ3v) is 2.69. The van der Waals surface area contributed by atoms with E-state index >= 15 is 0 Å². The molecule has 6 heteroatoms. The van der Waals surface area contributed by atoms with E-state index in [9.17, 15) is 9.59 Å². The number of hydrogen-bond donors (Lipinski definition) is 1. The molecule has 1 rings (SSSR count). The van der Waals surface area contributed by atoms with Crippen LogP contribution >= 0.6 is 0 Å². The Hall–Kier alpha value is -1.30. The Labute approximate surface area is 100 Å². The maximum absolute atomic E-state index is 11.8. The molecule has 1 aliphatic heterocycles. The fourth-order valence-corrected chi connectivity index (χ4v) is 1.70. The van der Waals surface area contributed by atoms with E-state index in [-0.39, 0.29) is 6.61 Å². The smallest absolute Gasteiger partial charge is 0.412 e. The third-order valence-electron chi connectivity index (χ3n) is 2.69. The number of hydrogen-bond acceptors (Lipinski definition) is 4. The molecule has 1 heterocycles. The molecular weight excluding hydrogens is 226 g/mol. The molecule has 0 saturated carbocycles. The molecule has 0 aromatic carbocycles. The molecule has 1 unspecified atom stereocenters. The van der Waals surface area contributed by atoms with E-state index in [1.54, 1.807) is 13.8 Å². The van der Waals surface area contributed by atoms with Gasteiger partial charge >= 0.3 is 12.1 Å². The van der Waals surface area contributed by atoms with Crippen LogP contribution in [0.4, 0.5) is 4.79 Å². The minimum absolute atomic E-state index is 0.00872. The van der Waals surface area contributed by atoms with E-state index in [1.807, 2.05) is 6.92 Å². The number of unbranched alkanes of at least 4 members (excludes halogenated alkanes) is 1. The van der Waals surface area contributed by atoms with E-state index in [0.717, 1.165) is 17.7 Å². The highest BCUT2D eigenvalue weighted by Gasteiger charge is 2.48. The SMILES string of the molecule is CCCCOC(=O)N1C(C(=O)O)COC1(C)C. The number of aliphatic carboxylic acids is 1. The van der Waals surface area contributed by atoms with Crippen molar-refractivity contribution < 1.29 is 24.2 Å². The van der Waals surface area contributed by atoms with Crippen LogP contribution in [0.3, 0.4) is 0 Å². The Morgan fingerprint density at radius 1 is 1.53 bits per heavy atom. The normalized spacial score (nSPS) is 22.5. The van der Waals surface area contributed by atoms with Crippen molar-refractivity contribution in [2.45, 2.75) is 45.4 Å². The molecular formula is C11H19NO5. The average Bonchev–Trinajstić information content (AvgIpc) is 2.54. The summed E-state index contributed by atoms with van der Waals surface area (Å²) in [6.45, 7) is 5.57. The van der Waals surface area contributed by atoms with Crippen molar-refractivity contribution in [2.24, 2.45) is 0 Å². The molecule has 0 bridgehead atoms. The van der Waals surface area contributed by atoms with Gasteiger partial charge in [0, 0.05) is 0 Å². The molecule has 1 fully saturated rings. The van der Waals surface area contributed by atoms with Gasteiger partial charge in [0.05, 0.1) is 13.2 Å². The van der Waals surface area contributed by atoms with Crippen LogP contribution in [0.2, 0.25) is 0 Å². The van der Waals surface area contributed by atoms with Crippen LogP contribution in [0.25, 0.3) is 0 Å². The molecule has 1 atom stereocenters. The number of carbonyl (C=O) groups is 2. The fraction of sp³-hybridized carbons (Fsp3) is 0.818. The van der Waals surface area contributed by atoms with Gasteiger partial charge in [-0.2, -0.15) is 0 Å². The summed E-state index contributed by atoms with van der Waals surface area (Å²) in [5.41, 5.74) is -0.938. The van der Waals surface area contributed by atoms with Gasteiger partial charge in [-0.05, 0) is 20.3 Å². The Morgan fingerprint density at radius 3 is 2.71 bits per heavy atom. The zero-order chi connectivity index (χ0) is 13.1. The van der Waals surface area contributed by atoms with E-state index < -0.39 is 23.8 Å². The number of nitrogens with zero attached hydrogens (tertiary/aromatic N) is 1. The van der Waals surface area contributed by atoms with Crippen molar-refractivity contribution >= 4 is 12.1 Å². The van der Waals surface area contributed by atoms with Crippen LogP contribution in [0.1, 0.15) is 33.6 Å². The maximum atomic E-state index is 11.8. The summed E-state index contributed by atoms with van der Waals surface area (Å²) in [5.74, 6) is -1.08. The lowest BCUT2D eigenvalue weighted by Crippen LogP contribution is -2.50. The van der Waals surface area contributed by atoms with Crippen molar-refractivity contribution in [1.82, 2.24) is 4.90 Å². The van der Waals surface area contributed by atoms with Gasteiger partial charge in [0.2, 0.25) is 0 Å². The van der Waals surface area contributed by atoms with E-state index in [1.165, 1.54) is 0 Å². The topological polar surface area (TPSA) is 76.1 Å². The van der Waals surface area contributed by atoms with Crippen LogP contribution in [-0.2, 0) is 14.3 Å². The molecule has 0 aromatic rings. The number of ether oxygens (including phenoxy) is 2. The lowest BCUT2D eigenvalue weighted by Gasteiger charge is -2.31. The first-order valence-corrected chi connectivity index (χ1v) is 5.73. The number of rotatable bonds is 4. The molecule has 1 amide bonds. The average molecular weight is 245 g/mol. The standard InChI is InChI=1S/C11H19NO5/c1-4-5-6-16-10(15)12-8(9(13)14)7-17-11(12,2)3/h8H,4-7H2,1-3H3,(H,13,14). The largest absolute Gasteiger partial charge is 0.480 e. The van der Waals surface area contributed by atoms with Gasteiger partial charge in [0.15, 0.2) is 6.04 Å². The molecule has 0 aliphatic carbocycles. The summed E-state index contributed by atoms with van der Waals surface area (Å²) in [5, 5.41) is 9.01. The monoisotopic (exact) mass is 245 g/mol. The van der Waals surface area contributed by atoms with Crippen molar-refractivity contribution in [3.05, 3.63) is 0 Å². The predicted octanol–water partition coefficient (Wildman–Crippen LogP) is 1.44. The van der Waals surface area contributed by atoms with E-state index in [4.69, 9.17) is 14.6 Å². The third kappa shape index (κ3) is 3.09. The lowest BCUT2D eigenvalue weighted by molar-refractivity contribution is -0.142. The van der Waals surface area contributed by atoms with Gasteiger partial charge in [0.1, 0.15) is 5.72 Å². The molecule has 0 aromatic heterocycles. The highest BCUT2D eigenvalue weighted by molar-refractivity contribution is 5.81. The summed E-state index contributed by atoms with van der Waals surface area (Å²) in [6.07, 6.45) is 1.04. The van der Waals surface area contributed by atoms with Crippen LogP contribution in [0, 0.1) is 0 Å². The predicted molar refractivity (Wildman–Crippen MR) is 59.5 cm³/mol. The zero-order valence-electron chi connectivity index (χ0n) is 10.4. The number of carbonyl (C=O) groups excluding carboxylic acids is 1. The van der Waals surface area contributed by atoms with E-state index in [0.29, 0.717) is 6.61 Å². The van der Waals surface area contributed by atoms with Gasteiger partial charge in [-0.1, -0.05) is 13.3 Å². The first-order chi connectivity index (χ1) is 7.90. The molecule has 98 valence electrons. The highest BCUT2D eigenvalue weighted by atomic mass is 16.6. The molecule has 1 N–H and O–H groups in total. The van der Waals surface area contributed by atoms with Crippen LogP contribution in [0.15, 0.2) is 0 Å². The molecule has 6 nitrogen and oxygen atoms in total.